The van der Waals surface area contributed by atoms with Gasteiger partial charge in [-0.25, -0.2) is 4.98 Å². The Morgan fingerprint density at radius 2 is 2.21 bits per heavy atom. The van der Waals surface area contributed by atoms with Crippen LogP contribution in [0.3, 0.4) is 0 Å². The number of thiazole rings is 1. The smallest absolute Gasteiger partial charge is 0.0985 e. The number of hydrogen-bond donors (Lipinski definition) is 1. The van der Waals surface area contributed by atoms with E-state index < -0.39 is 0 Å². The summed E-state index contributed by atoms with van der Waals surface area (Å²) in [5.41, 5.74) is 6.97. The van der Waals surface area contributed by atoms with Crippen molar-refractivity contribution in [1.82, 2.24) is 4.98 Å². The molecular formula is C11H20N2S. The average Bonchev–Trinajstić information content (AvgIpc) is 2.54. The van der Waals surface area contributed by atoms with Gasteiger partial charge in [-0.2, -0.15) is 0 Å². The molecule has 1 rings (SSSR count). The molecule has 2 N–H and O–H groups in total. The maximum atomic E-state index is 5.59. The van der Waals surface area contributed by atoms with E-state index in [1.807, 2.05) is 0 Å². The lowest BCUT2D eigenvalue weighted by Crippen LogP contribution is -2.21. The monoisotopic (exact) mass is 212 g/mol. The number of aryl methyl sites for hydroxylation is 1. The number of nitrogens with zero attached hydrogens (tertiary/aromatic N) is 1. The maximum absolute atomic E-state index is 5.59. The van der Waals surface area contributed by atoms with Crippen LogP contribution in [0.15, 0.2) is 5.38 Å². The van der Waals surface area contributed by atoms with Crippen LogP contribution < -0.4 is 5.73 Å². The van der Waals surface area contributed by atoms with Crippen molar-refractivity contribution < 1.29 is 0 Å². The fourth-order valence-corrected chi connectivity index (χ4v) is 2.47. The van der Waals surface area contributed by atoms with E-state index in [1.54, 1.807) is 11.3 Å². The number of rotatable bonds is 5. The van der Waals surface area contributed by atoms with Gasteiger partial charge in [0.1, 0.15) is 0 Å². The van der Waals surface area contributed by atoms with Gasteiger partial charge in [0.2, 0.25) is 0 Å². The van der Waals surface area contributed by atoms with Crippen LogP contribution in [0.4, 0.5) is 0 Å². The lowest BCUT2D eigenvalue weighted by molar-refractivity contribution is 0.483. The van der Waals surface area contributed by atoms with E-state index in [0.717, 1.165) is 19.4 Å². The predicted molar refractivity (Wildman–Crippen MR) is 62.8 cm³/mol. The summed E-state index contributed by atoms with van der Waals surface area (Å²) in [7, 11) is 0. The van der Waals surface area contributed by atoms with E-state index in [2.05, 4.69) is 31.1 Å². The van der Waals surface area contributed by atoms with Gasteiger partial charge in [0, 0.05) is 10.8 Å². The zero-order valence-corrected chi connectivity index (χ0v) is 10.2. The third-order valence-corrected chi connectivity index (χ3v) is 3.66. The molecule has 80 valence electrons. The van der Waals surface area contributed by atoms with E-state index in [4.69, 9.17) is 5.73 Å². The summed E-state index contributed by atoms with van der Waals surface area (Å²) in [6.07, 6.45) is 3.27. The standard InChI is InChI=1S/C11H20N2S/c1-4-5-9-8-14-10(13-9)11(2,3)6-7-12/h8H,4-7,12H2,1-3H3. The number of nitrogens with two attached hydrogens (primary N) is 1. The second-order valence-electron chi connectivity index (χ2n) is 4.32. The Morgan fingerprint density at radius 3 is 2.79 bits per heavy atom. The van der Waals surface area contributed by atoms with Gasteiger partial charge < -0.3 is 5.73 Å². The highest BCUT2D eigenvalue weighted by molar-refractivity contribution is 7.09. The summed E-state index contributed by atoms with van der Waals surface area (Å²) >= 11 is 1.77. The van der Waals surface area contributed by atoms with Crippen molar-refractivity contribution in [2.75, 3.05) is 6.54 Å². The molecule has 1 heterocycles. The Hall–Kier alpha value is -0.410. The summed E-state index contributed by atoms with van der Waals surface area (Å²) in [4.78, 5) is 4.65. The van der Waals surface area contributed by atoms with E-state index in [-0.39, 0.29) is 5.41 Å². The minimum absolute atomic E-state index is 0.144. The van der Waals surface area contributed by atoms with Gasteiger partial charge in [0.25, 0.3) is 0 Å². The third kappa shape index (κ3) is 2.79. The second-order valence-corrected chi connectivity index (χ2v) is 5.17. The molecule has 2 nitrogen and oxygen atoms in total. The first-order valence-corrected chi connectivity index (χ1v) is 6.13. The Bertz CT molecular complexity index is 279. The highest BCUT2D eigenvalue weighted by atomic mass is 32.1. The molecule has 0 amide bonds. The van der Waals surface area contributed by atoms with E-state index >= 15 is 0 Å². The van der Waals surface area contributed by atoms with Crippen molar-refractivity contribution in [3.63, 3.8) is 0 Å². The van der Waals surface area contributed by atoms with Crippen LogP contribution in [0.5, 0.6) is 0 Å². The molecule has 0 saturated carbocycles. The lowest BCUT2D eigenvalue weighted by atomic mass is 9.90. The minimum Gasteiger partial charge on any atom is -0.330 e. The normalized spacial score (nSPS) is 12.0. The average molecular weight is 212 g/mol. The van der Waals surface area contributed by atoms with Crippen LogP contribution in [0.1, 0.15) is 44.3 Å². The molecular weight excluding hydrogens is 192 g/mol. The van der Waals surface area contributed by atoms with Gasteiger partial charge in [-0.15, -0.1) is 11.3 Å². The summed E-state index contributed by atoms with van der Waals surface area (Å²) in [5.74, 6) is 0. The van der Waals surface area contributed by atoms with Crippen molar-refractivity contribution in [3.05, 3.63) is 16.1 Å². The topological polar surface area (TPSA) is 38.9 Å². The molecule has 0 aromatic carbocycles. The van der Waals surface area contributed by atoms with Crippen LogP contribution in [0.25, 0.3) is 0 Å². The Balaban J connectivity index is 2.74. The highest BCUT2D eigenvalue weighted by Gasteiger charge is 2.23. The quantitative estimate of drug-likeness (QED) is 0.815. The Kier molecular flexibility index (Phi) is 4.08. The van der Waals surface area contributed by atoms with E-state index in [1.165, 1.54) is 17.1 Å². The number of hydrogen-bond acceptors (Lipinski definition) is 3. The van der Waals surface area contributed by atoms with Crippen LogP contribution in [0.2, 0.25) is 0 Å². The van der Waals surface area contributed by atoms with Crippen LogP contribution in [0, 0.1) is 0 Å². The molecule has 1 aromatic heterocycles. The molecule has 0 saturated heterocycles. The molecule has 0 radical (unpaired) electrons. The number of aromatic nitrogens is 1. The molecule has 0 aliphatic carbocycles. The molecule has 0 bridgehead atoms. The first-order chi connectivity index (χ1) is 6.60. The van der Waals surface area contributed by atoms with Gasteiger partial charge in [-0.1, -0.05) is 27.2 Å². The summed E-state index contributed by atoms with van der Waals surface area (Å²) in [6, 6.07) is 0. The fraction of sp³-hybridized carbons (Fsp3) is 0.727. The molecule has 0 unspecified atom stereocenters. The van der Waals surface area contributed by atoms with Gasteiger partial charge in [-0.3, -0.25) is 0 Å². The van der Waals surface area contributed by atoms with Crippen molar-refractivity contribution in [2.24, 2.45) is 5.73 Å². The molecule has 0 fully saturated rings. The molecule has 0 spiro atoms. The van der Waals surface area contributed by atoms with Crippen LogP contribution in [-0.2, 0) is 11.8 Å². The maximum Gasteiger partial charge on any atom is 0.0985 e. The molecule has 0 aliphatic heterocycles. The predicted octanol–water partition coefficient (Wildman–Crippen LogP) is 2.72. The Morgan fingerprint density at radius 1 is 1.50 bits per heavy atom. The molecule has 0 atom stereocenters. The van der Waals surface area contributed by atoms with Gasteiger partial charge in [0.15, 0.2) is 0 Å². The van der Waals surface area contributed by atoms with Crippen molar-refractivity contribution in [2.45, 2.75) is 45.4 Å². The third-order valence-electron chi connectivity index (χ3n) is 2.41. The molecule has 0 aliphatic rings. The van der Waals surface area contributed by atoms with Gasteiger partial charge >= 0.3 is 0 Å². The minimum atomic E-state index is 0.144. The van der Waals surface area contributed by atoms with Crippen LogP contribution in [-0.4, -0.2) is 11.5 Å². The zero-order chi connectivity index (χ0) is 10.6. The first-order valence-electron chi connectivity index (χ1n) is 5.25. The summed E-state index contributed by atoms with van der Waals surface area (Å²) < 4.78 is 0. The largest absolute Gasteiger partial charge is 0.330 e. The Labute approximate surface area is 90.6 Å². The first kappa shape index (κ1) is 11.7. The zero-order valence-electron chi connectivity index (χ0n) is 9.34. The van der Waals surface area contributed by atoms with Gasteiger partial charge in [0.05, 0.1) is 10.7 Å². The molecule has 3 heteroatoms. The molecule has 14 heavy (non-hydrogen) atoms. The second kappa shape index (κ2) is 4.89. The van der Waals surface area contributed by atoms with Crippen molar-refractivity contribution in [1.29, 1.82) is 0 Å². The van der Waals surface area contributed by atoms with Crippen LogP contribution >= 0.6 is 11.3 Å². The summed E-state index contributed by atoms with van der Waals surface area (Å²) in [5, 5.41) is 3.41. The fourth-order valence-electron chi connectivity index (χ4n) is 1.46. The highest BCUT2D eigenvalue weighted by Crippen LogP contribution is 2.29. The SMILES string of the molecule is CCCc1csc(C(C)(C)CCN)n1. The van der Waals surface area contributed by atoms with Gasteiger partial charge in [-0.05, 0) is 19.4 Å². The molecule has 1 aromatic rings. The van der Waals surface area contributed by atoms with E-state index in [0.29, 0.717) is 0 Å². The van der Waals surface area contributed by atoms with Crippen molar-refractivity contribution >= 4 is 11.3 Å². The van der Waals surface area contributed by atoms with E-state index in [9.17, 15) is 0 Å². The van der Waals surface area contributed by atoms with Crippen molar-refractivity contribution in [3.8, 4) is 0 Å². The lowest BCUT2D eigenvalue weighted by Gasteiger charge is -2.20. The summed E-state index contributed by atoms with van der Waals surface area (Å²) in [6.45, 7) is 7.35.